The Morgan fingerprint density at radius 2 is 1.90 bits per heavy atom. The van der Waals surface area contributed by atoms with Crippen LogP contribution in [-0.4, -0.2) is 9.97 Å². The molecule has 0 fully saturated rings. The third-order valence-corrected chi connectivity index (χ3v) is 3.25. The Hall–Kier alpha value is -1.91. The second-order valence-corrected chi connectivity index (χ2v) is 4.91. The zero-order valence-corrected chi connectivity index (χ0v) is 11.6. The van der Waals surface area contributed by atoms with E-state index < -0.39 is 5.82 Å². The maximum Gasteiger partial charge on any atom is 0.141 e. The van der Waals surface area contributed by atoms with Crippen LogP contribution in [-0.2, 0) is 0 Å². The van der Waals surface area contributed by atoms with Crippen molar-refractivity contribution in [2.45, 2.75) is 0 Å². The molecule has 3 nitrogen and oxygen atoms in total. The number of benzene rings is 1. The Labute approximate surface area is 124 Å². The van der Waals surface area contributed by atoms with E-state index in [4.69, 9.17) is 23.2 Å². The highest BCUT2D eigenvalue weighted by molar-refractivity contribution is 6.31. The lowest BCUT2D eigenvalue weighted by Gasteiger charge is -2.09. The van der Waals surface area contributed by atoms with Gasteiger partial charge in [0.05, 0.1) is 16.2 Å². The van der Waals surface area contributed by atoms with Crippen molar-refractivity contribution in [3.05, 3.63) is 58.6 Å². The lowest BCUT2D eigenvalue weighted by Crippen LogP contribution is -1.95. The number of hydrogen-bond acceptors (Lipinski definition) is 3. The van der Waals surface area contributed by atoms with Gasteiger partial charge in [-0.05, 0) is 36.4 Å². The molecule has 3 rings (SSSR count). The number of pyridine rings is 2. The summed E-state index contributed by atoms with van der Waals surface area (Å²) in [7, 11) is 0. The van der Waals surface area contributed by atoms with E-state index in [0.717, 1.165) is 5.69 Å². The molecule has 0 bridgehead atoms. The molecule has 0 saturated carbocycles. The minimum Gasteiger partial charge on any atom is -0.354 e. The van der Waals surface area contributed by atoms with Crippen LogP contribution in [0.1, 0.15) is 0 Å². The van der Waals surface area contributed by atoms with Crippen molar-refractivity contribution in [2.24, 2.45) is 0 Å². The molecule has 100 valence electrons. The number of halogens is 3. The third-order valence-electron chi connectivity index (χ3n) is 2.75. The molecule has 0 unspecified atom stereocenters. The van der Waals surface area contributed by atoms with Crippen LogP contribution < -0.4 is 5.32 Å². The molecule has 20 heavy (non-hydrogen) atoms. The summed E-state index contributed by atoms with van der Waals surface area (Å²) in [5, 5.41) is 3.57. The smallest absolute Gasteiger partial charge is 0.141 e. The van der Waals surface area contributed by atoms with Gasteiger partial charge >= 0.3 is 0 Å². The first-order valence-electron chi connectivity index (χ1n) is 5.77. The molecule has 6 heteroatoms. The van der Waals surface area contributed by atoms with Gasteiger partial charge in [0, 0.05) is 11.9 Å². The van der Waals surface area contributed by atoms with Crippen molar-refractivity contribution in [3.8, 4) is 0 Å². The van der Waals surface area contributed by atoms with Crippen LogP contribution >= 0.6 is 23.2 Å². The van der Waals surface area contributed by atoms with E-state index in [9.17, 15) is 4.39 Å². The molecule has 0 atom stereocenters. The van der Waals surface area contributed by atoms with Crippen molar-refractivity contribution >= 4 is 45.6 Å². The number of hydrogen-bond donors (Lipinski definition) is 1. The van der Waals surface area contributed by atoms with Crippen LogP contribution in [0.5, 0.6) is 0 Å². The Kier molecular flexibility index (Phi) is 3.42. The first kappa shape index (κ1) is 13.1. The van der Waals surface area contributed by atoms with Gasteiger partial charge in [0.2, 0.25) is 0 Å². The Morgan fingerprint density at radius 1 is 1.05 bits per heavy atom. The molecule has 0 amide bonds. The molecule has 0 aliphatic carbocycles. The highest BCUT2D eigenvalue weighted by Gasteiger charge is 2.06. The van der Waals surface area contributed by atoms with Crippen LogP contribution in [0.3, 0.4) is 0 Å². The van der Waals surface area contributed by atoms with Crippen LogP contribution in [0, 0.1) is 5.82 Å². The number of nitrogens with one attached hydrogen (secondary N) is 1. The van der Waals surface area contributed by atoms with Crippen LogP contribution in [0.15, 0.2) is 42.6 Å². The summed E-state index contributed by atoms with van der Waals surface area (Å²) >= 11 is 11.7. The first-order valence-corrected chi connectivity index (χ1v) is 6.52. The topological polar surface area (TPSA) is 37.8 Å². The second-order valence-electron chi connectivity index (χ2n) is 4.11. The number of rotatable bonds is 2. The number of aromatic nitrogens is 2. The van der Waals surface area contributed by atoms with Gasteiger partial charge in [-0.2, -0.15) is 0 Å². The van der Waals surface area contributed by atoms with Crippen molar-refractivity contribution in [2.75, 3.05) is 5.32 Å². The zero-order valence-electron chi connectivity index (χ0n) is 10.1. The normalized spacial score (nSPS) is 10.8. The molecule has 0 spiro atoms. The van der Waals surface area contributed by atoms with E-state index in [1.54, 1.807) is 30.5 Å². The van der Waals surface area contributed by atoms with E-state index in [1.807, 2.05) is 0 Å². The largest absolute Gasteiger partial charge is 0.354 e. The quantitative estimate of drug-likeness (QED) is 0.690. The molecule has 3 aromatic rings. The Balaban J connectivity index is 2.05. The average Bonchev–Trinajstić information content (AvgIpc) is 2.44. The first-order chi connectivity index (χ1) is 9.63. The van der Waals surface area contributed by atoms with Crippen LogP contribution in [0.25, 0.3) is 11.0 Å². The highest BCUT2D eigenvalue weighted by Crippen LogP contribution is 2.27. The summed E-state index contributed by atoms with van der Waals surface area (Å²) in [6.45, 7) is 0. The van der Waals surface area contributed by atoms with Gasteiger partial charge in [0.25, 0.3) is 0 Å². The van der Waals surface area contributed by atoms with Gasteiger partial charge in [-0.3, -0.25) is 4.98 Å². The summed E-state index contributed by atoms with van der Waals surface area (Å²) in [4.78, 5) is 8.45. The minimum atomic E-state index is -0.460. The molecular weight excluding hydrogens is 300 g/mol. The number of anilines is 2. The van der Waals surface area contributed by atoms with E-state index in [0.29, 0.717) is 21.9 Å². The van der Waals surface area contributed by atoms with E-state index >= 15 is 0 Å². The molecule has 0 aliphatic rings. The molecular formula is C14H8Cl2FN3. The van der Waals surface area contributed by atoms with E-state index in [2.05, 4.69) is 15.3 Å². The van der Waals surface area contributed by atoms with Crippen molar-refractivity contribution in [1.29, 1.82) is 0 Å². The summed E-state index contributed by atoms with van der Waals surface area (Å²) in [6, 6.07) is 9.63. The maximum absolute atomic E-state index is 13.1. The van der Waals surface area contributed by atoms with E-state index in [1.165, 1.54) is 12.1 Å². The zero-order chi connectivity index (χ0) is 14.1. The maximum atomic E-state index is 13.1. The molecule has 0 aliphatic heterocycles. The SMILES string of the molecule is Fc1ccc(Nc2ccnc3ccc(Cl)nc23)cc1Cl. The molecule has 2 aromatic heterocycles. The lowest BCUT2D eigenvalue weighted by molar-refractivity contribution is 0.628. The summed E-state index contributed by atoms with van der Waals surface area (Å²) < 4.78 is 13.1. The molecule has 0 saturated heterocycles. The second kappa shape index (κ2) is 5.23. The predicted molar refractivity (Wildman–Crippen MR) is 79.2 cm³/mol. The average molecular weight is 308 g/mol. The number of nitrogens with zero attached hydrogens (tertiary/aromatic N) is 2. The molecule has 2 heterocycles. The fourth-order valence-corrected chi connectivity index (χ4v) is 2.16. The van der Waals surface area contributed by atoms with Gasteiger partial charge in [-0.15, -0.1) is 0 Å². The molecule has 1 N–H and O–H groups in total. The van der Waals surface area contributed by atoms with E-state index in [-0.39, 0.29) is 5.02 Å². The third kappa shape index (κ3) is 2.53. The van der Waals surface area contributed by atoms with Crippen LogP contribution in [0.4, 0.5) is 15.8 Å². The summed E-state index contributed by atoms with van der Waals surface area (Å²) in [5.41, 5.74) is 2.74. The molecule has 0 radical (unpaired) electrons. The minimum absolute atomic E-state index is 0.0550. The van der Waals surface area contributed by atoms with Gasteiger partial charge in [-0.1, -0.05) is 23.2 Å². The fraction of sp³-hybridized carbons (Fsp3) is 0. The van der Waals surface area contributed by atoms with Crippen molar-refractivity contribution in [1.82, 2.24) is 9.97 Å². The highest BCUT2D eigenvalue weighted by atomic mass is 35.5. The number of fused-ring (bicyclic) bond motifs is 1. The van der Waals surface area contributed by atoms with Gasteiger partial charge < -0.3 is 5.32 Å². The summed E-state index contributed by atoms with van der Waals surface area (Å²) in [5.74, 6) is -0.460. The predicted octanol–water partition coefficient (Wildman–Crippen LogP) is 4.82. The van der Waals surface area contributed by atoms with Crippen molar-refractivity contribution in [3.63, 3.8) is 0 Å². The standard InChI is InChI=1S/C14H8Cl2FN3/c15-9-7-8(1-2-10(9)17)19-12-5-6-18-11-3-4-13(16)20-14(11)12/h1-7H,(H,18,19). The summed E-state index contributed by atoms with van der Waals surface area (Å²) in [6.07, 6.45) is 1.66. The van der Waals surface area contributed by atoms with Gasteiger partial charge in [0.15, 0.2) is 0 Å². The Bertz CT molecular complexity index is 792. The van der Waals surface area contributed by atoms with Gasteiger partial charge in [0.1, 0.15) is 16.5 Å². The van der Waals surface area contributed by atoms with Crippen molar-refractivity contribution < 1.29 is 4.39 Å². The fourth-order valence-electron chi connectivity index (χ4n) is 1.83. The monoisotopic (exact) mass is 307 g/mol. The van der Waals surface area contributed by atoms with Gasteiger partial charge in [-0.25, -0.2) is 9.37 Å². The molecule has 1 aromatic carbocycles. The van der Waals surface area contributed by atoms with Crippen LogP contribution in [0.2, 0.25) is 10.2 Å². The Morgan fingerprint density at radius 3 is 2.70 bits per heavy atom. The lowest BCUT2D eigenvalue weighted by atomic mass is 10.2.